The van der Waals surface area contributed by atoms with Gasteiger partial charge >= 0.3 is 0 Å². The van der Waals surface area contributed by atoms with E-state index in [4.69, 9.17) is 4.74 Å². The highest BCUT2D eigenvalue weighted by Crippen LogP contribution is 2.29. The summed E-state index contributed by atoms with van der Waals surface area (Å²) in [6, 6.07) is 14.0. The maximum absolute atomic E-state index is 12.4. The van der Waals surface area contributed by atoms with Crippen molar-refractivity contribution in [1.82, 2.24) is 15.3 Å². The van der Waals surface area contributed by atoms with Crippen molar-refractivity contribution in [3.8, 4) is 5.88 Å². The molecule has 1 amide bonds. The standard InChI is InChI=1S/C20H18BrN3O2/c21-14-8-9-17-16(10-14)20(23-12-22-17)26-11-19(25)24-18-7-3-5-13-4-1-2-6-15(13)18/h1-2,4,6,8-10,12,18H,3,5,7,11H2,(H,24,25). The number of ether oxygens (including phenoxy) is 1. The first-order valence-electron chi connectivity index (χ1n) is 8.61. The van der Waals surface area contributed by atoms with Crippen LogP contribution in [0.1, 0.15) is 30.0 Å². The average Bonchev–Trinajstić information content (AvgIpc) is 2.66. The van der Waals surface area contributed by atoms with Gasteiger partial charge in [-0.25, -0.2) is 9.97 Å². The Morgan fingerprint density at radius 3 is 3.04 bits per heavy atom. The number of nitrogens with zero attached hydrogens (tertiary/aromatic N) is 2. The van der Waals surface area contributed by atoms with Crippen LogP contribution in [0, 0.1) is 0 Å². The summed E-state index contributed by atoms with van der Waals surface area (Å²) in [5.74, 6) is 0.268. The third kappa shape index (κ3) is 3.55. The summed E-state index contributed by atoms with van der Waals surface area (Å²) >= 11 is 3.44. The lowest BCUT2D eigenvalue weighted by Gasteiger charge is -2.26. The highest BCUT2D eigenvalue weighted by atomic mass is 79.9. The average molecular weight is 412 g/mol. The Hall–Kier alpha value is -2.47. The number of hydrogen-bond acceptors (Lipinski definition) is 4. The van der Waals surface area contributed by atoms with Gasteiger partial charge in [-0.3, -0.25) is 4.79 Å². The Kier molecular flexibility index (Phi) is 4.84. The quantitative estimate of drug-likeness (QED) is 0.705. The Morgan fingerprint density at radius 1 is 1.23 bits per heavy atom. The van der Waals surface area contributed by atoms with Crippen molar-refractivity contribution < 1.29 is 9.53 Å². The molecular weight excluding hydrogens is 394 g/mol. The summed E-state index contributed by atoms with van der Waals surface area (Å²) in [6.45, 7) is -0.0721. The number of rotatable bonds is 4. The maximum atomic E-state index is 12.4. The predicted molar refractivity (Wildman–Crippen MR) is 103 cm³/mol. The van der Waals surface area contributed by atoms with Crippen molar-refractivity contribution in [2.24, 2.45) is 0 Å². The molecule has 1 aliphatic rings. The summed E-state index contributed by atoms with van der Waals surface area (Å²) in [4.78, 5) is 20.8. The van der Waals surface area contributed by atoms with Gasteiger partial charge in [0.25, 0.3) is 5.91 Å². The largest absolute Gasteiger partial charge is 0.467 e. The predicted octanol–water partition coefficient (Wildman–Crippen LogP) is 3.96. The van der Waals surface area contributed by atoms with Crippen LogP contribution in [0.2, 0.25) is 0 Å². The molecule has 4 rings (SSSR count). The van der Waals surface area contributed by atoms with Crippen molar-refractivity contribution in [1.29, 1.82) is 0 Å². The molecule has 6 heteroatoms. The third-order valence-electron chi connectivity index (χ3n) is 4.61. The SMILES string of the molecule is O=C(COc1ncnc2ccc(Br)cc12)NC1CCCc2ccccc21. The van der Waals surface area contributed by atoms with Crippen molar-refractivity contribution in [2.75, 3.05) is 6.61 Å². The lowest BCUT2D eigenvalue weighted by atomic mass is 9.88. The number of nitrogens with one attached hydrogen (secondary N) is 1. The molecular formula is C20H18BrN3O2. The number of halogens is 1. The van der Waals surface area contributed by atoms with Crippen LogP contribution in [0.3, 0.4) is 0 Å². The minimum atomic E-state index is -0.145. The molecule has 5 nitrogen and oxygen atoms in total. The number of benzene rings is 2. The first-order valence-corrected chi connectivity index (χ1v) is 9.40. The van der Waals surface area contributed by atoms with Crippen LogP contribution < -0.4 is 10.1 Å². The molecule has 1 aromatic heterocycles. The zero-order valence-corrected chi connectivity index (χ0v) is 15.7. The van der Waals surface area contributed by atoms with Crippen LogP contribution in [0.15, 0.2) is 53.3 Å². The number of amides is 1. The van der Waals surface area contributed by atoms with E-state index in [0.717, 1.165) is 34.6 Å². The van der Waals surface area contributed by atoms with Crippen LogP contribution in [0.4, 0.5) is 0 Å². The van der Waals surface area contributed by atoms with E-state index in [1.165, 1.54) is 17.5 Å². The molecule has 1 unspecified atom stereocenters. The van der Waals surface area contributed by atoms with E-state index in [0.29, 0.717) is 5.88 Å². The molecule has 26 heavy (non-hydrogen) atoms. The molecule has 1 atom stereocenters. The Bertz CT molecular complexity index is 961. The molecule has 132 valence electrons. The first-order chi connectivity index (χ1) is 12.7. The zero-order chi connectivity index (χ0) is 17.9. The van der Waals surface area contributed by atoms with Crippen LogP contribution in [-0.4, -0.2) is 22.5 Å². The van der Waals surface area contributed by atoms with Crippen molar-refractivity contribution in [2.45, 2.75) is 25.3 Å². The van der Waals surface area contributed by atoms with Gasteiger partial charge in [0.1, 0.15) is 6.33 Å². The second-order valence-electron chi connectivity index (χ2n) is 6.34. The van der Waals surface area contributed by atoms with Gasteiger partial charge in [-0.05, 0) is 48.6 Å². The number of fused-ring (bicyclic) bond motifs is 2. The van der Waals surface area contributed by atoms with E-state index >= 15 is 0 Å². The molecule has 0 saturated carbocycles. The van der Waals surface area contributed by atoms with Crippen molar-refractivity contribution >= 4 is 32.7 Å². The molecule has 2 aromatic carbocycles. The van der Waals surface area contributed by atoms with Gasteiger partial charge in [0, 0.05) is 4.47 Å². The Morgan fingerprint density at radius 2 is 2.12 bits per heavy atom. The normalized spacial score (nSPS) is 16.1. The van der Waals surface area contributed by atoms with E-state index in [2.05, 4.69) is 43.3 Å². The van der Waals surface area contributed by atoms with Gasteiger partial charge in [0.15, 0.2) is 6.61 Å². The molecule has 1 aliphatic carbocycles. The number of aromatic nitrogens is 2. The molecule has 0 spiro atoms. The molecule has 0 aliphatic heterocycles. The summed E-state index contributed by atoms with van der Waals surface area (Å²) in [5, 5.41) is 3.86. The van der Waals surface area contributed by atoms with E-state index in [9.17, 15) is 4.79 Å². The molecule has 0 radical (unpaired) electrons. The van der Waals surface area contributed by atoms with Crippen LogP contribution >= 0.6 is 15.9 Å². The summed E-state index contributed by atoms with van der Waals surface area (Å²) in [5.41, 5.74) is 3.31. The van der Waals surface area contributed by atoms with E-state index in [-0.39, 0.29) is 18.6 Å². The molecule has 1 heterocycles. The monoisotopic (exact) mass is 411 g/mol. The fraction of sp³-hybridized carbons (Fsp3) is 0.250. The summed E-state index contributed by atoms with van der Waals surface area (Å²) in [7, 11) is 0. The second-order valence-corrected chi connectivity index (χ2v) is 7.26. The highest BCUT2D eigenvalue weighted by molar-refractivity contribution is 9.10. The summed E-state index contributed by atoms with van der Waals surface area (Å²) in [6.07, 6.45) is 4.54. The first kappa shape index (κ1) is 17.0. The Balaban J connectivity index is 1.45. The number of hydrogen-bond donors (Lipinski definition) is 1. The smallest absolute Gasteiger partial charge is 0.258 e. The van der Waals surface area contributed by atoms with E-state index in [1.54, 1.807) is 0 Å². The van der Waals surface area contributed by atoms with Gasteiger partial charge in [-0.2, -0.15) is 0 Å². The van der Waals surface area contributed by atoms with E-state index in [1.807, 2.05) is 30.3 Å². The minimum absolute atomic E-state index is 0.0485. The van der Waals surface area contributed by atoms with Gasteiger partial charge in [-0.15, -0.1) is 0 Å². The summed E-state index contributed by atoms with van der Waals surface area (Å²) < 4.78 is 6.59. The third-order valence-corrected chi connectivity index (χ3v) is 5.10. The topological polar surface area (TPSA) is 64.1 Å². The molecule has 0 fully saturated rings. The van der Waals surface area contributed by atoms with Crippen molar-refractivity contribution in [3.05, 3.63) is 64.4 Å². The van der Waals surface area contributed by atoms with Crippen LogP contribution in [0.5, 0.6) is 5.88 Å². The molecule has 1 N–H and O–H groups in total. The Labute approximate surface area is 159 Å². The lowest BCUT2D eigenvalue weighted by Crippen LogP contribution is -2.34. The maximum Gasteiger partial charge on any atom is 0.258 e. The number of carbonyl (C=O) groups excluding carboxylic acids is 1. The number of aryl methyl sites for hydroxylation is 1. The van der Waals surface area contributed by atoms with Gasteiger partial charge < -0.3 is 10.1 Å². The lowest BCUT2D eigenvalue weighted by molar-refractivity contribution is -0.124. The van der Waals surface area contributed by atoms with Crippen molar-refractivity contribution in [3.63, 3.8) is 0 Å². The van der Waals surface area contributed by atoms with E-state index < -0.39 is 0 Å². The fourth-order valence-corrected chi connectivity index (χ4v) is 3.76. The van der Waals surface area contributed by atoms with Gasteiger partial charge in [0.05, 0.1) is 16.9 Å². The zero-order valence-electron chi connectivity index (χ0n) is 14.1. The molecule has 3 aromatic rings. The number of carbonyl (C=O) groups is 1. The van der Waals surface area contributed by atoms with Gasteiger partial charge in [0.2, 0.25) is 5.88 Å². The fourth-order valence-electron chi connectivity index (χ4n) is 3.39. The second kappa shape index (κ2) is 7.41. The van der Waals surface area contributed by atoms with Gasteiger partial charge in [-0.1, -0.05) is 40.2 Å². The molecule has 0 bridgehead atoms. The molecule has 0 saturated heterocycles. The van der Waals surface area contributed by atoms with Crippen LogP contribution in [0.25, 0.3) is 10.9 Å². The van der Waals surface area contributed by atoms with Crippen LogP contribution in [-0.2, 0) is 11.2 Å². The minimum Gasteiger partial charge on any atom is -0.467 e. The highest BCUT2D eigenvalue weighted by Gasteiger charge is 2.21.